The van der Waals surface area contributed by atoms with E-state index >= 15 is 0 Å². The molecule has 144 valence electrons. The van der Waals surface area contributed by atoms with Crippen LogP contribution in [0, 0.1) is 5.95 Å². The topological polar surface area (TPSA) is 72.9 Å². The Morgan fingerprint density at radius 2 is 2.00 bits per heavy atom. The molecule has 27 heavy (non-hydrogen) atoms. The standard InChI is InChI=1S/C19H22FN3O4/c1-19(2)11-23(10-12-5-6-13(25-3)8-16(12)27-19)18(24)22-15-7-14(26-4)9-21-17(15)20/h5-9H,10-11H2,1-4H3,(H,22,24). The number of nitrogens with one attached hydrogen (secondary N) is 1. The number of anilines is 1. The van der Waals surface area contributed by atoms with Crippen LogP contribution in [0.5, 0.6) is 17.2 Å². The van der Waals surface area contributed by atoms with Crippen molar-refractivity contribution in [2.45, 2.75) is 26.0 Å². The second kappa shape index (κ2) is 7.30. The van der Waals surface area contributed by atoms with Gasteiger partial charge in [0.05, 0.1) is 33.5 Å². The van der Waals surface area contributed by atoms with E-state index in [0.29, 0.717) is 30.3 Å². The van der Waals surface area contributed by atoms with E-state index < -0.39 is 17.6 Å². The molecule has 1 aromatic carbocycles. The average molecular weight is 375 g/mol. The highest BCUT2D eigenvalue weighted by atomic mass is 19.1. The van der Waals surface area contributed by atoms with Gasteiger partial charge in [-0.2, -0.15) is 4.39 Å². The summed E-state index contributed by atoms with van der Waals surface area (Å²) >= 11 is 0. The highest BCUT2D eigenvalue weighted by Gasteiger charge is 2.32. The molecule has 3 rings (SSSR count). The summed E-state index contributed by atoms with van der Waals surface area (Å²) < 4.78 is 30.3. The SMILES string of the molecule is COc1cnc(F)c(NC(=O)N2Cc3ccc(OC)cc3OC(C)(C)C2)c1. The maximum atomic E-state index is 13.9. The van der Waals surface area contributed by atoms with Crippen molar-refractivity contribution in [1.82, 2.24) is 9.88 Å². The zero-order valence-corrected chi connectivity index (χ0v) is 15.7. The molecule has 1 aliphatic rings. The first-order valence-electron chi connectivity index (χ1n) is 8.43. The van der Waals surface area contributed by atoms with Crippen LogP contribution in [0.3, 0.4) is 0 Å². The molecule has 0 atom stereocenters. The fourth-order valence-electron chi connectivity index (χ4n) is 2.90. The number of carbonyl (C=O) groups is 1. The van der Waals surface area contributed by atoms with Gasteiger partial charge in [0.25, 0.3) is 0 Å². The van der Waals surface area contributed by atoms with Crippen LogP contribution in [0.4, 0.5) is 14.9 Å². The lowest BCUT2D eigenvalue weighted by atomic mass is 10.1. The molecule has 0 saturated carbocycles. The molecule has 2 aromatic rings. The van der Waals surface area contributed by atoms with E-state index in [1.165, 1.54) is 19.4 Å². The smallest absolute Gasteiger partial charge is 0.322 e. The molecule has 0 aliphatic carbocycles. The number of rotatable bonds is 3. The second-order valence-electron chi connectivity index (χ2n) is 6.84. The molecule has 1 N–H and O–H groups in total. The maximum absolute atomic E-state index is 13.9. The second-order valence-corrected chi connectivity index (χ2v) is 6.84. The number of pyridine rings is 1. The van der Waals surface area contributed by atoms with Gasteiger partial charge in [-0.1, -0.05) is 0 Å². The molecule has 0 saturated heterocycles. The Balaban J connectivity index is 1.86. The number of nitrogens with zero attached hydrogens (tertiary/aromatic N) is 2. The number of carbonyl (C=O) groups excluding carboxylic acids is 1. The molecule has 8 heteroatoms. The molecule has 2 heterocycles. The van der Waals surface area contributed by atoms with E-state index in [9.17, 15) is 9.18 Å². The van der Waals surface area contributed by atoms with Crippen molar-refractivity contribution < 1.29 is 23.4 Å². The molecule has 0 fully saturated rings. The Bertz CT molecular complexity index is 857. The normalized spacial score (nSPS) is 15.2. The first-order chi connectivity index (χ1) is 12.8. The van der Waals surface area contributed by atoms with E-state index in [1.54, 1.807) is 18.1 Å². The maximum Gasteiger partial charge on any atom is 0.322 e. The predicted molar refractivity (Wildman–Crippen MR) is 97.9 cm³/mol. The molecular weight excluding hydrogens is 353 g/mol. The zero-order valence-electron chi connectivity index (χ0n) is 15.7. The van der Waals surface area contributed by atoms with E-state index in [1.807, 2.05) is 26.0 Å². The van der Waals surface area contributed by atoms with Crippen LogP contribution in [0.2, 0.25) is 0 Å². The minimum atomic E-state index is -0.778. The van der Waals surface area contributed by atoms with Gasteiger partial charge in [0.15, 0.2) is 0 Å². The molecule has 0 spiro atoms. The van der Waals surface area contributed by atoms with Crippen LogP contribution < -0.4 is 19.5 Å². The number of ether oxygens (including phenoxy) is 3. The van der Waals surface area contributed by atoms with E-state index in [0.717, 1.165) is 5.56 Å². The lowest BCUT2D eigenvalue weighted by Gasteiger charge is -2.29. The van der Waals surface area contributed by atoms with Crippen molar-refractivity contribution in [1.29, 1.82) is 0 Å². The minimum absolute atomic E-state index is 0.0442. The van der Waals surface area contributed by atoms with Crippen LogP contribution >= 0.6 is 0 Å². The molecular formula is C19H22FN3O4. The van der Waals surface area contributed by atoms with E-state index in [-0.39, 0.29) is 5.69 Å². The van der Waals surface area contributed by atoms with E-state index in [4.69, 9.17) is 14.2 Å². The number of benzene rings is 1. The third-order valence-corrected chi connectivity index (χ3v) is 4.17. The Kier molecular flexibility index (Phi) is 5.07. The Hall–Kier alpha value is -3.03. The number of fused-ring (bicyclic) bond motifs is 1. The minimum Gasteiger partial charge on any atom is -0.497 e. The van der Waals surface area contributed by atoms with E-state index in [2.05, 4.69) is 10.3 Å². The summed E-state index contributed by atoms with van der Waals surface area (Å²) in [5.74, 6) is 0.902. The molecule has 0 unspecified atom stereocenters. The van der Waals surface area contributed by atoms with Crippen molar-refractivity contribution in [3.8, 4) is 17.2 Å². The summed E-state index contributed by atoms with van der Waals surface area (Å²) in [4.78, 5) is 17.9. The highest BCUT2D eigenvalue weighted by Crippen LogP contribution is 2.33. The summed E-state index contributed by atoms with van der Waals surface area (Å²) in [5.41, 5.74) is 0.151. The number of hydrogen-bond donors (Lipinski definition) is 1. The Labute approximate surface area is 157 Å². The van der Waals surface area contributed by atoms with Gasteiger partial charge in [0.2, 0.25) is 5.95 Å². The molecule has 0 radical (unpaired) electrons. The van der Waals surface area contributed by atoms with Gasteiger partial charge >= 0.3 is 6.03 Å². The Morgan fingerprint density at radius 1 is 1.26 bits per heavy atom. The summed E-state index contributed by atoms with van der Waals surface area (Å²) in [5, 5.41) is 2.56. The van der Waals surface area contributed by atoms with Crippen LogP contribution in [-0.4, -0.2) is 42.3 Å². The third kappa shape index (κ3) is 4.21. The first kappa shape index (κ1) is 18.8. The number of amides is 2. The van der Waals surface area contributed by atoms with Crippen LogP contribution in [0.15, 0.2) is 30.5 Å². The Morgan fingerprint density at radius 3 is 2.70 bits per heavy atom. The number of methoxy groups -OCH3 is 2. The molecule has 0 bridgehead atoms. The lowest BCUT2D eigenvalue weighted by Crippen LogP contribution is -2.44. The van der Waals surface area contributed by atoms with Crippen molar-refractivity contribution in [3.05, 3.63) is 42.0 Å². The van der Waals surface area contributed by atoms with Gasteiger partial charge in [-0.05, 0) is 26.0 Å². The van der Waals surface area contributed by atoms with Crippen LogP contribution in [0.25, 0.3) is 0 Å². The number of halogens is 1. The summed E-state index contributed by atoms with van der Waals surface area (Å²) in [7, 11) is 3.03. The van der Waals surface area contributed by atoms with Crippen LogP contribution in [-0.2, 0) is 6.54 Å². The largest absolute Gasteiger partial charge is 0.497 e. The van der Waals surface area contributed by atoms with Gasteiger partial charge in [0, 0.05) is 17.7 Å². The van der Waals surface area contributed by atoms with Gasteiger partial charge < -0.3 is 24.4 Å². The molecule has 2 amide bonds. The zero-order chi connectivity index (χ0) is 19.6. The highest BCUT2D eigenvalue weighted by molar-refractivity contribution is 5.89. The fourth-order valence-corrected chi connectivity index (χ4v) is 2.90. The monoisotopic (exact) mass is 375 g/mol. The van der Waals surface area contributed by atoms with Gasteiger partial charge in [-0.25, -0.2) is 9.78 Å². The van der Waals surface area contributed by atoms with Crippen molar-refractivity contribution in [3.63, 3.8) is 0 Å². The number of urea groups is 1. The molecule has 1 aliphatic heterocycles. The van der Waals surface area contributed by atoms with Gasteiger partial charge in [-0.3, -0.25) is 0 Å². The quantitative estimate of drug-likeness (QED) is 0.832. The average Bonchev–Trinajstić information content (AvgIpc) is 2.77. The third-order valence-electron chi connectivity index (χ3n) is 4.17. The van der Waals surface area contributed by atoms with Gasteiger partial charge in [0.1, 0.15) is 28.5 Å². The fraction of sp³-hybridized carbons (Fsp3) is 0.368. The summed E-state index contributed by atoms with van der Waals surface area (Å²) in [6, 6.07) is 6.39. The number of hydrogen-bond acceptors (Lipinski definition) is 5. The summed E-state index contributed by atoms with van der Waals surface area (Å²) in [6.07, 6.45) is 1.25. The molecule has 7 nitrogen and oxygen atoms in total. The van der Waals surface area contributed by atoms with Crippen molar-refractivity contribution in [2.75, 3.05) is 26.1 Å². The number of aromatic nitrogens is 1. The van der Waals surface area contributed by atoms with Crippen LogP contribution in [0.1, 0.15) is 19.4 Å². The predicted octanol–water partition coefficient (Wildman–Crippen LogP) is 3.44. The summed E-state index contributed by atoms with van der Waals surface area (Å²) in [6.45, 7) is 4.40. The molecule has 1 aromatic heterocycles. The van der Waals surface area contributed by atoms with Crippen molar-refractivity contribution >= 4 is 11.7 Å². The van der Waals surface area contributed by atoms with Gasteiger partial charge in [-0.15, -0.1) is 0 Å². The lowest BCUT2D eigenvalue weighted by molar-refractivity contribution is 0.0833. The van der Waals surface area contributed by atoms with Crippen molar-refractivity contribution in [2.24, 2.45) is 0 Å². The first-order valence-corrected chi connectivity index (χ1v) is 8.43.